The molecule has 0 unspecified atom stereocenters. The third-order valence-electron chi connectivity index (χ3n) is 2.67. The monoisotopic (exact) mass is 521 g/mol. The molecule has 3 N–H and O–H groups in total. The highest BCUT2D eigenvalue weighted by atomic mass is 127. The largest absolute Gasteiger partial charge is 0.506 e. The first-order valence-electron chi connectivity index (χ1n) is 6.35. The lowest BCUT2D eigenvalue weighted by Crippen LogP contribution is -2.25. The fraction of sp³-hybridized carbons (Fsp3) is 0.0667. The Morgan fingerprint density at radius 1 is 1.18 bits per heavy atom. The number of rotatable bonds is 5. The molecule has 1 amide bonds. The van der Waals surface area contributed by atoms with Crippen molar-refractivity contribution in [3.8, 4) is 5.75 Å². The summed E-state index contributed by atoms with van der Waals surface area (Å²) in [4.78, 5) is 11.7. The van der Waals surface area contributed by atoms with E-state index in [0.717, 1.165) is 18.4 Å². The van der Waals surface area contributed by atoms with Crippen LogP contribution in [-0.4, -0.2) is 23.8 Å². The normalized spacial score (nSPS) is 10.6. The summed E-state index contributed by atoms with van der Waals surface area (Å²) in [5.74, 6) is 0.0257. The van der Waals surface area contributed by atoms with Crippen LogP contribution in [0.5, 0.6) is 5.75 Å². The molecule has 2 aromatic rings. The Morgan fingerprint density at radius 2 is 1.82 bits per heavy atom. The van der Waals surface area contributed by atoms with E-state index in [4.69, 9.17) is 0 Å². The van der Waals surface area contributed by atoms with Crippen molar-refractivity contribution in [3.05, 3.63) is 55.2 Å². The van der Waals surface area contributed by atoms with E-state index in [1.54, 1.807) is 18.3 Å². The fourth-order valence-corrected chi connectivity index (χ4v) is 3.43. The molecule has 0 heterocycles. The molecule has 0 aliphatic carbocycles. The average molecular weight is 521 g/mol. The number of para-hydroxylation sites is 1. The van der Waals surface area contributed by atoms with Gasteiger partial charge >= 0.3 is 0 Å². The van der Waals surface area contributed by atoms with E-state index < -0.39 is 0 Å². The van der Waals surface area contributed by atoms with Crippen LogP contribution >= 0.6 is 45.2 Å². The molecule has 0 bridgehead atoms. The highest BCUT2D eigenvalue weighted by molar-refractivity contribution is 14.1. The van der Waals surface area contributed by atoms with Crippen molar-refractivity contribution < 1.29 is 9.90 Å². The predicted octanol–water partition coefficient (Wildman–Crippen LogP) is 3.16. The zero-order valence-electron chi connectivity index (χ0n) is 11.4. The van der Waals surface area contributed by atoms with Crippen LogP contribution < -0.4 is 10.7 Å². The number of benzene rings is 2. The van der Waals surface area contributed by atoms with Gasteiger partial charge in [0.15, 0.2) is 0 Å². The molecular formula is C15H13I2N3O2. The van der Waals surface area contributed by atoms with Gasteiger partial charge in [0.05, 0.1) is 19.9 Å². The molecule has 0 aromatic heterocycles. The van der Waals surface area contributed by atoms with Crippen molar-refractivity contribution in [2.75, 3.05) is 11.9 Å². The van der Waals surface area contributed by atoms with Crippen LogP contribution in [-0.2, 0) is 4.79 Å². The number of amides is 1. The smallest absolute Gasteiger partial charge is 0.259 e. The highest BCUT2D eigenvalue weighted by Gasteiger charge is 2.04. The van der Waals surface area contributed by atoms with Gasteiger partial charge in [0.25, 0.3) is 5.91 Å². The van der Waals surface area contributed by atoms with E-state index >= 15 is 0 Å². The maximum atomic E-state index is 11.7. The summed E-state index contributed by atoms with van der Waals surface area (Å²) in [6.07, 6.45) is 1.55. The van der Waals surface area contributed by atoms with Gasteiger partial charge in [-0.15, -0.1) is 0 Å². The zero-order valence-corrected chi connectivity index (χ0v) is 15.7. The van der Waals surface area contributed by atoms with E-state index in [1.807, 2.05) is 75.5 Å². The number of phenolic OH excluding ortho intramolecular Hbond substituents is 1. The molecule has 0 aliphatic rings. The Labute approximate surface area is 155 Å². The number of nitrogens with zero attached hydrogens (tertiary/aromatic N) is 1. The van der Waals surface area contributed by atoms with Gasteiger partial charge in [-0.3, -0.25) is 4.79 Å². The third-order valence-corrected chi connectivity index (χ3v) is 4.31. The van der Waals surface area contributed by atoms with Crippen molar-refractivity contribution in [2.24, 2.45) is 5.10 Å². The van der Waals surface area contributed by atoms with Crippen molar-refractivity contribution in [1.82, 2.24) is 5.43 Å². The van der Waals surface area contributed by atoms with Crippen LogP contribution in [0.15, 0.2) is 47.6 Å². The van der Waals surface area contributed by atoms with Crippen molar-refractivity contribution in [2.45, 2.75) is 0 Å². The average Bonchev–Trinajstić information content (AvgIpc) is 2.51. The Hall–Kier alpha value is -1.36. The van der Waals surface area contributed by atoms with Gasteiger partial charge in [-0.05, 0) is 75.0 Å². The van der Waals surface area contributed by atoms with E-state index in [2.05, 4.69) is 15.8 Å². The molecule has 0 saturated heterocycles. The molecule has 0 atom stereocenters. The predicted molar refractivity (Wildman–Crippen MR) is 104 cm³/mol. The van der Waals surface area contributed by atoms with Crippen LogP contribution in [0.25, 0.3) is 0 Å². The first kappa shape index (κ1) is 17.0. The number of phenols is 1. The molecule has 2 aromatic carbocycles. The molecule has 2 rings (SSSR count). The molecule has 0 saturated carbocycles. The number of carbonyl (C=O) groups excluding carboxylic acids is 1. The molecule has 0 aliphatic heterocycles. The minimum absolute atomic E-state index is 0.145. The van der Waals surface area contributed by atoms with Crippen molar-refractivity contribution in [3.63, 3.8) is 0 Å². The molecule has 0 spiro atoms. The molecule has 22 heavy (non-hydrogen) atoms. The lowest BCUT2D eigenvalue weighted by atomic mass is 10.2. The second kappa shape index (κ2) is 8.32. The van der Waals surface area contributed by atoms with Crippen LogP contribution in [0.1, 0.15) is 5.56 Å². The third kappa shape index (κ3) is 5.13. The summed E-state index contributed by atoms with van der Waals surface area (Å²) in [7, 11) is 0. The summed E-state index contributed by atoms with van der Waals surface area (Å²) in [6, 6.07) is 13.1. The minimum Gasteiger partial charge on any atom is -0.506 e. The number of aromatic hydroxyl groups is 1. The first-order valence-corrected chi connectivity index (χ1v) is 8.51. The Balaban J connectivity index is 1.85. The van der Waals surface area contributed by atoms with Crippen molar-refractivity contribution >= 4 is 63.0 Å². The van der Waals surface area contributed by atoms with Crippen molar-refractivity contribution in [1.29, 1.82) is 0 Å². The zero-order chi connectivity index (χ0) is 15.9. The van der Waals surface area contributed by atoms with E-state index in [9.17, 15) is 9.90 Å². The number of hydrogen-bond donors (Lipinski definition) is 3. The Morgan fingerprint density at radius 3 is 2.45 bits per heavy atom. The second-order valence-corrected chi connectivity index (χ2v) is 6.67. The van der Waals surface area contributed by atoms with Gasteiger partial charge in [-0.25, -0.2) is 5.43 Å². The SMILES string of the molecule is O=C(CNc1ccccc1)N/N=C\c1cc(I)c(O)c(I)c1. The maximum absolute atomic E-state index is 11.7. The van der Waals surface area contributed by atoms with Gasteiger partial charge in [-0.2, -0.15) is 5.10 Å². The summed E-state index contributed by atoms with van der Waals surface area (Å²) in [5.41, 5.74) is 4.14. The van der Waals surface area contributed by atoms with Crippen LogP contribution in [0.4, 0.5) is 5.69 Å². The minimum atomic E-state index is -0.233. The van der Waals surface area contributed by atoms with Crippen LogP contribution in [0.3, 0.4) is 0 Å². The number of nitrogens with one attached hydrogen (secondary N) is 2. The number of hydrazone groups is 1. The highest BCUT2D eigenvalue weighted by Crippen LogP contribution is 2.26. The Kier molecular flexibility index (Phi) is 6.43. The molecule has 114 valence electrons. The van der Waals surface area contributed by atoms with E-state index in [-0.39, 0.29) is 18.2 Å². The van der Waals surface area contributed by atoms with Gasteiger partial charge in [-0.1, -0.05) is 18.2 Å². The molecule has 5 nitrogen and oxygen atoms in total. The second-order valence-electron chi connectivity index (χ2n) is 4.35. The van der Waals surface area contributed by atoms with Crippen LogP contribution in [0, 0.1) is 7.14 Å². The van der Waals surface area contributed by atoms with Gasteiger partial charge < -0.3 is 10.4 Å². The maximum Gasteiger partial charge on any atom is 0.259 e. The summed E-state index contributed by atoms with van der Waals surface area (Å²) in [6.45, 7) is 0.145. The van der Waals surface area contributed by atoms with Gasteiger partial charge in [0.1, 0.15) is 5.75 Å². The molecule has 0 fully saturated rings. The first-order chi connectivity index (χ1) is 10.6. The molecule has 0 radical (unpaired) electrons. The molecular weight excluding hydrogens is 508 g/mol. The van der Waals surface area contributed by atoms with Crippen LogP contribution in [0.2, 0.25) is 0 Å². The summed E-state index contributed by atoms with van der Waals surface area (Å²) < 4.78 is 1.48. The number of carbonyl (C=O) groups is 1. The van der Waals surface area contributed by atoms with Gasteiger partial charge in [0, 0.05) is 5.69 Å². The molecule has 7 heteroatoms. The van der Waals surface area contributed by atoms with E-state index in [1.165, 1.54) is 0 Å². The standard InChI is InChI=1S/C15H13I2N3O2/c16-12-6-10(7-13(17)15(12)22)8-19-20-14(21)9-18-11-4-2-1-3-5-11/h1-8,18,22H,9H2,(H,20,21)/b19-8-. The lowest BCUT2D eigenvalue weighted by molar-refractivity contribution is -0.119. The van der Waals surface area contributed by atoms with Gasteiger partial charge in [0.2, 0.25) is 0 Å². The summed E-state index contributed by atoms with van der Waals surface area (Å²) in [5, 5.41) is 16.6. The number of hydrogen-bond acceptors (Lipinski definition) is 4. The number of anilines is 1. The van der Waals surface area contributed by atoms with E-state index in [0.29, 0.717) is 0 Å². The lowest BCUT2D eigenvalue weighted by Gasteiger charge is -2.05. The quantitative estimate of drug-likeness (QED) is 0.322. The fourth-order valence-electron chi connectivity index (χ4n) is 1.62. The summed E-state index contributed by atoms with van der Waals surface area (Å²) >= 11 is 4.09. The topological polar surface area (TPSA) is 73.7 Å². The Bertz CT molecular complexity index is 667. The number of halogens is 2.